The summed E-state index contributed by atoms with van der Waals surface area (Å²) >= 11 is 3.27. The van der Waals surface area contributed by atoms with Gasteiger partial charge in [-0.2, -0.15) is 0 Å². The Morgan fingerprint density at radius 1 is 1.02 bits per heavy atom. The molecule has 0 bridgehead atoms. The molecule has 1 aromatic rings. The number of hydrogen-bond acceptors (Lipinski definition) is 8. The van der Waals surface area contributed by atoms with Crippen molar-refractivity contribution in [2.75, 3.05) is 20.1 Å². The van der Waals surface area contributed by atoms with Crippen LogP contribution in [-0.2, 0) is 19.2 Å². The molecule has 0 spiro atoms. The second-order valence-electron chi connectivity index (χ2n) is 14.5. The molecule has 5 N–H and O–H groups in total. The van der Waals surface area contributed by atoms with Crippen LogP contribution >= 0.6 is 23.3 Å². The molecular weight excluding hydrogens is 613 g/mol. The van der Waals surface area contributed by atoms with E-state index in [0.717, 1.165) is 29.9 Å². The summed E-state index contributed by atoms with van der Waals surface area (Å²) in [5.41, 5.74) is 4.37. The standard InChI is InChI=1S/C32H52N6O5S2/c1-31(2,3)23(19-37(7)45-24-14-10-18-44-24)35-30(43)36-26(32(4,5)6)29(42)38-17-9-13-22(38)28(41)34-21(25(39)27(33)40)16-15-20-11-8-12-20/h10,14,18,20-23,26H,8-9,11-13,15-17,19H2,1-7H3,(H2,33,40)(H,34,41)(H2,35,36,43). The van der Waals surface area contributed by atoms with Gasteiger partial charge in [0.25, 0.3) is 5.91 Å². The van der Waals surface area contributed by atoms with Gasteiger partial charge >= 0.3 is 6.03 Å². The van der Waals surface area contributed by atoms with Crippen molar-refractivity contribution in [3.05, 3.63) is 17.5 Å². The van der Waals surface area contributed by atoms with E-state index in [1.807, 2.05) is 39.3 Å². The Morgan fingerprint density at radius 3 is 2.24 bits per heavy atom. The van der Waals surface area contributed by atoms with Gasteiger partial charge in [-0.15, -0.1) is 11.3 Å². The minimum Gasteiger partial charge on any atom is -0.363 e. The van der Waals surface area contributed by atoms with Crippen molar-refractivity contribution in [2.45, 2.75) is 115 Å². The zero-order valence-corrected chi connectivity index (χ0v) is 29.4. The summed E-state index contributed by atoms with van der Waals surface area (Å²) in [4.78, 5) is 66.7. The van der Waals surface area contributed by atoms with Gasteiger partial charge in [0, 0.05) is 19.1 Å². The van der Waals surface area contributed by atoms with Gasteiger partial charge in [0.1, 0.15) is 12.1 Å². The topological polar surface area (TPSA) is 154 Å². The maximum atomic E-state index is 14.0. The first-order chi connectivity index (χ1) is 21.0. The lowest BCUT2D eigenvalue weighted by molar-refractivity contribution is -0.143. The average molecular weight is 665 g/mol. The van der Waals surface area contributed by atoms with Gasteiger partial charge in [0.05, 0.1) is 10.3 Å². The molecule has 1 saturated carbocycles. The minimum absolute atomic E-state index is 0.226. The fourth-order valence-corrected chi connectivity index (χ4v) is 7.48. The van der Waals surface area contributed by atoms with E-state index in [0.29, 0.717) is 38.3 Å². The molecule has 4 atom stereocenters. The maximum Gasteiger partial charge on any atom is 0.315 e. The van der Waals surface area contributed by atoms with Crippen molar-refractivity contribution >= 4 is 52.8 Å². The van der Waals surface area contributed by atoms with Crippen LogP contribution in [0.25, 0.3) is 0 Å². The van der Waals surface area contributed by atoms with E-state index in [4.69, 9.17) is 5.73 Å². The summed E-state index contributed by atoms with van der Waals surface area (Å²) in [6, 6.07) is 0.628. The van der Waals surface area contributed by atoms with Crippen LogP contribution in [0, 0.1) is 16.7 Å². The second kappa shape index (κ2) is 15.8. The molecule has 1 saturated heterocycles. The molecular formula is C32H52N6O5S2. The Kier molecular flexibility index (Phi) is 12.9. The Bertz CT molecular complexity index is 1190. The molecule has 1 aliphatic carbocycles. The fourth-order valence-electron chi connectivity index (χ4n) is 5.64. The number of thiophene rings is 1. The third-order valence-electron chi connectivity index (χ3n) is 8.72. The van der Waals surface area contributed by atoms with E-state index in [1.54, 1.807) is 23.3 Å². The number of urea groups is 1. The van der Waals surface area contributed by atoms with Gasteiger partial charge in [-0.25, -0.2) is 9.10 Å². The number of likely N-dealkylation sites (tertiary alicyclic amines) is 1. The smallest absolute Gasteiger partial charge is 0.315 e. The van der Waals surface area contributed by atoms with Crippen LogP contribution in [-0.4, -0.2) is 83.0 Å². The van der Waals surface area contributed by atoms with Gasteiger partial charge < -0.3 is 26.6 Å². The molecule has 2 heterocycles. The number of nitrogens with two attached hydrogens (primary N) is 1. The number of nitrogens with zero attached hydrogens (tertiary/aromatic N) is 2. The SMILES string of the molecule is CN(CC(NC(=O)NC(C(=O)N1CCCC1C(=O)NC(CCC1CCC1)C(=O)C(N)=O)C(C)(C)C)C(C)(C)C)Sc1cccs1. The molecule has 45 heavy (non-hydrogen) atoms. The first kappa shape index (κ1) is 36.8. The number of amides is 5. The van der Waals surface area contributed by atoms with Crippen molar-refractivity contribution in [3.8, 4) is 0 Å². The molecule has 4 unspecified atom stereocenters. The number of primary amides is 1. The van der Waals surface area contributed by atoms with Gasteiger partial charge in [-0.1, -0.05) is 66.9 Å². The van der Waals surface area contributed by atoms with Gasteiger partial charge in [0.15, 0.2) is 0 Å². The van der Waals surface area contributed by atoms with E-state index in [1.165, 1.54) is 4.90 Å². The van der Waals surface area contributed by atoms with Gasteiger partial charge in [-0.3, -0.25) is 19.2 Å². The fraction of sp³-hybridized carbons (Fsp3) is 0.719. The van der Waals surface area contributed by atoms with Crippen molar-refractivity contribution in [2.24, 2.45) is 22.5 Å². The van der Waals surface area contributed by atoms with Crippen LogP contribution < -0.4 is 21.7 Å². The molecule has 2 aliphatic rings. The van der Waals surface area contributed by atoms with E-state index in [2.05, 4.69) is 47.1 Å². The minimum atomic E-state index is -1.08. The van der Waals surface area contributed by atoms with E-state index in [9.17, 15) is 24.0 Å². The van der Waals surface area contributed by atoms with Crippen molar-refractivity contribution in [1.29, 1.82) is 0 Å². The summed E-state index contributed by atoms with van der Waals surface area (Å²) in [6.07, 6.45) is 5.37. The van der Waals surface area contributed by atoms with Crippen LogP contribution in [0.3, 0.4) is 0 Å². The highest BCUT2D eigenvalue weighted by molar-refractivity contribution is 7.98. The Hall–Kier alpha value is -2.64. The third kappa shape index (κ3) is 10.7. The second-order valence-corrected chi connectivity index (χ2v) is 17.0. The van der Waals surface area contributed by atoms with Crippen LogP contribution in [0.4, 0.5) is 4.79 Å². The lowest BCUT2D eigenvalue weighted by Gasteiger charge is -2.37. The molecule has 1 aliphatic heterocycles. The average Bonchev–Trinajstić information content (AvgIpc) is 3.60. The first-order valence-electron chi connectivity index (χ1n) is 15.9. The molecule has 0 radical (unpaired) electrons. The number of carbonyl (C=O) groups is 5. The maximum absolute atomic E-state index is 14.0. The zero-order chi connectivity index (χ0) is 33.5. The molecule has 13 heteroatoms. The summed E-state index contributed by atoms with van der Waals surface area (Å²) in [5.74, 6) is -2.26. The van der Waals surface area contributed by atoms with Gasteiger partial charge in [0.2, 0.25) is 17.6 Å². The quantitative estimate of drug-likeness (QED) is 0.174. The number of nitrogens with one attached hydrogen (secondary N) is 3. The lowest BCUT2D eigenvalue weighted by Crippen LogP contribution is -2.61. The summed E-state index contributed by atoms with van der Waals surface area (Å²) in [5, 5.41) is 10.8. The highest BCUT2D eigenvalue weighted by Crippen LogP contribution is 2.32. The predicted octanol–water partition coefficient (Wildman–Crippen LogP) is 3.93. The molecule has 252 valence electrons. The van der Waals surface area contributed by atoms with E-state index < -0.39 is 47.2 Å². The molecule has 11 nitrogen and oxygen atoms in total. The lowest BCUT2D eigenvalue weighted by atomic mass is 9.81. The molecule has 5 amide bonds. The van der Waals surface area contributed by atoms with Crippen LogP contribution in [0.15, 0.2) is 21.7 Å². The summed E-state index contributed by atoms with van der Waals surface area (Å²) in [7, 11) is 1.98. The monoisotopic (exact) mass is 664 g/mol. The molecule has 0 aromatic carbocycles. The van der Waals surface area contributed by atoms with Gasteiger partial charge in [-0.05, 0) is 72.9 Å². The number of rotatable bonds is 14. The van der Waals surface area contributed by atoms with Crippen LogP contribution in [0.2, 0.25) is 0 Å². The van der Waals surface area contributed by atoms with Crippen LogP contribution in [0.5, 0.6) is 0 Å². The number of hydrogen-bond donors (Lipinski definition) is 4. The third-order valence-corrected chi connectivity index (χ3v) is 10.7. The highest BCUT2D eigenvalue weighted by atomic mass is 32.2. The summed E-state index contributed by atoms with van der Waals surface area (Å²) in [6.45, 7) is 12.7. The number of Topliss-reactive ketones (excluding diaryl/α,β-unsaturated/α-hetero) is 1. The largest absolute Gasteiger partial charge is 0.363 e. The number of carbonyl (C=O) groups excluding carboxylic acids is 5. The Labute approximate surface area is 276 Å². The molecule has 2 fully saturated rings. The van der Waals surface area contributed by atoms with Crippen molar-refractivity contribution < 1.29 is 24.0 Å². The van der Waals surface area contributed by atoms with E-state index in [-0.39, 0.29) is 17.4 Å². The first-order valence-corrected chi connectivity index (χ1v) is 17.6. The normalized spacial score (nSPS) is 19.4. The number of ketones is 1. The highest BCUT2D eigenvalue weighted by Gasteiger charge is 2.43. The zero-order valence-electron chi connectivity index (χ0n) is 27.8. The molecule has 1 aromatic heterocycles. The van der Waals surface area contributed by atoms with Crippen LogP contribution in [0.1, 0.15) is 86.5 Å². The Balaban J connectivity index is 1.68. The summed E-state index contributed by atoms with van der Waals surface area (Å²) < 4.78 is 3.24. The van der Waals surface area contributed by atoms with E-state index >= 15 is 0 Å². The van der Waals surface area contributed by atoms with Crippen molar-refractivity contribution in [3.63, 3.8) is 0 Å². The van der Waals surface area contributed by atoms with Crippen molar-refractivity contribution in [1.82, 2.24) is 25.2 Å². The number of likely N-dealkylation sites (N-methyl/N-ethyl adjacent to an activating group) is 1. The Morgan fingerprint density at radius 2 is 1.71 bits per heavy atom. The molecule has 3 rings (SSSR count). The predicted molar refractivity (Wildman–Crippen MR) is 178 cm³/mol.